The normalized spacial score (nSPS) is 11.0. The number of phenolic OH excluding ortho intramolecular Hbond substituents is 1. The highest BCUT2D eigenvalue weighted by Gasteiger charge is 2.11. The summed E-state index contributed by atoms with van der Waals surface area (Å²) in [6.07, 6.45) is 1.57. The fourth-order valence-electron chi connectivity index (χ4n) is 3.03. The van der Waals surface area contributed by atoms with Crippen molar-refractivity contribution in [3.05, 3.63) is 102 Å². The molecule has 0 fully saturated rings. The lowest BCUT2D eigenvalue weighted by Crippen LogP contribution is -2.17. The van der Waals surface area contributed by atoms with Gasteiger partial charge in [0.05, 0.1) is 11.8 Å². The van der Waals surface area contributed by atoms with E-state index in [0.29, 0.717) is 0 Å². The van der Waals surface area contributed by atoms with E-state index >= 15 is 0 Å². The topological polar surface area (TPSA) is 61.7 Å². The maximum atomic E-state index is 12.4. The fourth-order valence-corrected chi connectivity index (χ4v) is 3.03. The van der Waals surface area contributed by atoms with Crippen LogP contribution in [-0.2, 0) is 0 Å². The van der Waals surface area contributed by atoms with Crippen molar-refractivity contribution in [2.24, 2.45) is 5.10 Å². The van der Waals surface area contributed by atoms with Crippen LogP contribution in [0, 0.1) is 0 Å². The summed E-state index contributed by atoms with van der Waals surface area (Å²) in [7, 11) is 0. The van der Waals surface area contributed by atoms with E-state index in [0.717, 1.165) is 27.5 Å². The average Bonchev–Trinajstić information content (AvgIpc) is 2.74. The van der Waals surface area contributed by atoms with Crippen molar-refractivity contribution in [1.29, 1.82) is 0 Å². The van der Waals surface area contributed by atoms with Gasteiger partial charge in [-0.2, -0.15) is 5.10 Å². The summed E-state index contributed by atoms with van der Waals surface area (Å²) in [5.41, 5.74) is 5.78. The highest BCUT2D eigenvalue weighted by atomic mass is 16.3. The van der Waals surface area contributed by atoms with Crippen LogP contribution in [0.25, 0.3) is 21.9 Å². The minimum Gasteiger partial charge on any atom is -0.507 e. The van der Waals surface area contributed by atoms with Crippen LogP contribution < -0.4 is 5.43 Å². The largest absolute Gasteiger partial charge is 0.507 e. The number of phenols is 1. The number of hydrazone groups is 1. The molecule has 0 heterocycles. The Morgan fingerprint density at radius 3 is 2.11 bits per heavy atom. The van der Waals surface area contributed by atoms with Gasteiger partial charge in [-0.1, -0.05) is 78.9 Å². The summed E-state index contributed by atoms with van der Waals surface area (Å²) in [5, 5.41) is 15.9. The molecule has 0 saturated carbocycles. The van der Waals surface area contributed by atoms with Crippen LogP contribution in [0.1, 0.15) is 15.9 Å². The number of amides is 1. The van der Waals surface area contributed by atoms with Crippen LogP contribution >= 0.6 is 0 Å². The molecule has 0 aliphatic rings. The van der Waals surface area contributed by atoms with Crippen molar-refractivity contribution >= 4 is 22.9 Å². The lowest BCUT2D eigenvalue weighted by molar-refractivity contribution is 0.0952. The van der Waals surface area contributed by atoms with E-state index in [2.05, 4.69) is 22.7 Å². The molecule has 0 bridgehead atoms. The summed E-state index contributed by atoms with van der Waals surface area (Å²) in [4.78, 5) is 12.4. The zero-order valence-electron chi connectivity index (χ0n) is 15.0. The maximum absolute atomic E-state index is 12.4. The summed E-state index contributed by atoms with van der Waals surface area (Å²) in [6.45, 7) is 0. The molecule has 136 valence electrons. The van der Waals surface area contributed by atoms with Crippen molar-refractivity contribution in [2.75, 3.05) is 0 Å². The zero-order chi connectivity index (χ0) is 19.3. The molecule has 4 aromatic carbocycles. The number of carbonyl (C=O) groups excluding carboxylic acids is 1. The van der Waals surface area contributed by atoms with E-state index in [9.17, 15) is 9.90 Å². The predicted octanol–water partition coefficient (Wildman–Crippen LogP) is 4.98. The SMILES string of the molecule is O=C(NN=Cc1ccc(-c2ccccc2)cc1)c1cc2ccccc2cc1O. The van der Waals surface area contributed by atoms with Crippen molar-refractivity contribution in [3.8, 4) is 16.9 Å². The number of nitrogens with zero attached hydrogens (tertiary/aromatic N) is 1. The van der Waals surface area contributed by atoms with Gasteiger partial charge in [0.1, 0.15) is 5.75 Å². The fraction of sp³-hybridized carbons (Fsp3) is 0. The van der Waals surface area contributed by atoms with Gasteiger partial charge in [0.15, 0.2) is 0 Å². The van der Waals surface area contributed by atoms with Crippen LogP contribution in [0.2, 0.25) is 0 Å². The zero-order valence-corrected chi connectivity index (χ0v) is 15.0. The Kier molecular flexibility index (Phi) is 4.85. The van der Waals surface area contributed by atoms with Crippen LogP contribution in [0.3, 0.4) is 0 Å². The minimum absolute atomic E-state index is 0.0707. The van der Waals surface area contributed by atoms with Gasteiger partial charge in [0, 0.05) is 0 Å². The molecule has 4 nitrogen and oxygen atoms in total. The van der Waals surface area contributed by atoms with Crippen LogP contribution in [-0.4, -0.2) is 17.2 Å². The molecule has 0 aliphatic carbocycles. The Bertz CT molecular complexity index is 1150. The third-order valence-electron chi connectivity index (χ3n) is 4.51. The summed E-state index contributed by atoms with van der Waals surface area (Å²) >= 11 is 0. The first kappa shape index (κ1) is 17.5. The molecule has 0 spiro atoms. The number of fused-ring (bicyclic) bond motifs is 1. The second-order valence-electron chi connectivity index (χ2n) is 6.40. The van der Waals surface area contributed by atoms with E-state index in [-0.39, 0.29) is 11.3 Å². The second-order valence-corrected chi connectivity index (χ2v) is 6.40. The number of hydrogen-bond acceptors (Lipinski definition) is 3. The summed E-state index contributed by atoms with van der Waals surface area (Å²) in [6, 6.07) is 28.8. The molecule has 2 N–H and O–H groups in total. The van der Waals surface area contributed by atoms with E-state index in [1.54, 1.807) is 18.3 Å². The van der Waals surface area contributed by atoms with E-state index in [1.807, 2.05) is 66.7 Å². The molecule has 0 unspecified atom stereocenters. The number of aromatic hydroxyl groups is 1. The van der Waals surface area contributed by atoms with Gasteiger partial charge < -0.3 is 5.11 Å². The third kappa shape index (κ3) is 3.76. The molecule has 4 aromatic rings. The third-order valence-corrected chi connectivity index (χ3v) is 4.51. The second kappa shape index (κ2) is 7.76. The summed E-state index contributed by atoms with van der Waals surface area (Å²) < 4.78 is 0. The van der Waals surface area contributed by atoms with Crippen LogP contribution in [0.5, 0.6) is 5.75 Å². The Labute approximate surface area is 162 Å². The molecule has 28 heavy (non-hydrogen) atoms. The van der Waals surface area contributed by atoms with E-state index in [1.165, 1.54) is 0 Å². The molecular weight excluding hydrogens is 348 g/mol. The van der Waals surface area contributed by atoms with Crippen molar-refractivity contribution < 1.29 is 9.90 Å². The average molecular weight is 366 g/mol. The Balaban J connectivity index is 1.46. The molecule has 4 rings (SSSR count). The molecule has 0 atom stereocenters. The smallest absolute Gasteiger partial charge is 0.275 e. The lowest BCUT2D eigenvalue weighted by atomic mass is 10.0. The molecule has 4 heteroatoms. The van der Waals surface area contributed by atoms with Crippen molar-refractivity contribution in [2.45, 2.75) is 0 Å². The van der Waals surface area contributed by atoms with Gasteiger partial charge in [0.2, 0.25) is 0 Å². The number of benzene rings is 4. The van der Waals surface area contributed by atoms with Crippen LogP contribution in [0.4, 0.5) is 0 Å². The predicted molar refractivity (Wildman–Crippen MR) is 113 cm³/mol. The molecule has 0 saturated heterocycles. The monoisotopic (exact) mass is 366 g/mol. The molecular formula is C24H18N2O2. The first-order chi connectivity index (χ1) is 13.7. The Morgan fingerprint density at radius 2 is 1.39 bits per heavy atom. The minimum atomic E-state index is -0.458. The Morgan fingerprint density at radius 1 is 0.786 bits per heavy atom. The van der Waals surface area contributed by atoms with E-state index in [4.69, 9.17) is 0 Å². The number of carbonyl (C=O) groups is 1. The highest BCUT2D eigenvalue weighted by Crippen LogP contribution is 2.25. The molecule has 0 aromatic heterocycles. The molecule has 0 radical (unpaired) electrons. The van der Waals surface area contributed by atoms with Gasteiger partial charge in [0.25, 0.3) is 5.91 Å². The molecule has 1 amide bonds. The number of nitrogens with one attached hydrogen (secondary N) is 1. The standard InChI is InChI=1S/C24H18N2O2/c27-23-15-21-9-5-4-8-20(21)14-22(23)24(28)26-25-16-17-10-12-19(13-11-17)18-6-2-1-3-7-18/h1-16,27H,(H,26,28). The van der Waals surface area contributed by atoms with E-state index < -0.39 is 5.91 Å². The highest BCUT2D eigenvalue weighted by molar-refractivity contribution is 6.01. The van der Waals surface area contributed by atoms with Gasteiger partial charge >= 0.3 is 0 Å². The van der Waals surface area contributed by atoms with Crippen molar-refractivity contribution in [1.82, 2.24) is 5.43 Å². The van der Waals surface area contributed by atoms with Gasteiger partial charge in [-0.3, -0.25) is 4.79 Å². The Hall–Kier alpha value is -3.92. The maximum Gasteiger partial charge on any atom is 0.275 e. The number of hydrogen-bond donors (Lipinski definition) is 2. The first-order valence-electron chi connectivity index (χ1n) is 8.91. The quantitative estimate of drug-likeness (QED) is 0.395. The lowest BCUT2D eigenvalue weighted by Gasteiger charge is -2.06. The van der Waals surface area contributed by atoms with Gasteiger partial charge in [-0.25, -0.2) is 5.43 Å². The van der Waals surface area contributed by atoms with Gasteiger partial charge in [-0.05, 0) is 39.6 Å². The van der Waals surface area contributed by atoms with Crippen molar-refractivity contribution in [3.63, 3.8) is 0 Å². The van der Waals surface area contributed by atoms with Crippen LogP contribution in [0.15, 0.2) is 96.1 Å². The summed E-state index contributed by atoms with van der Waals surface area (Å²) in [5.74, 6) is -0.529. The first-order valence-corrected chi connectivity index (χ1v) is 8.91. The number of rotatable bonds is 4. The molecule has 0 aliphatic heterocycles. The van der Waals surface area contributed by atoms with Gasteiger partial charge in [-0.15, -0.1) is 0 Å².